The Balaban J connectivity index is 1.68. The first-order chi connectivity index (χ1) is 13.0. The Labute approximate surface area is 162 Å². The summed E-state index contributed by atoms with van der Waals surface area (Å²) in [6.45, 7) is 4.74. The zero-order valence-corrected chi connectivity index (χ0v) is 16.3. The van der Waals surface area contributed by atoms with Crippen molar-refractivity contribution in [3.63, 3.8) is 0 Å². The van der Waals surface area contributed by atoms with Gasteiger partial charge in [-0.05, 0) is 42.0 Å². The van der Waals surface area contributed by atoms with E-state index in [1.54, 1.807) is 17.0 Å². The Bertz CT molecular complexity index is 846. The van der Waals surface area contributed by atoms with E-state index in [4.69, 9.17) is 0 Å². The van der Waals surface area contributed by atoms with E-state index in [2.05, 4.69) is 10.6 Å². The maximum atomic E-state index is 12.5. The molecular weight excluding hydrogens is 362 g/mol. The third-order valence-corrected chi connectivity index (χ3v) is 5.31. The van der Waals surface area contributed by atoms with Gasteiger partial charge in [-0.2, -0.15) is 0 Å². The smallest absolute Gasteiger partial charge is 0.313 e. The van der Waals surface area contributed by atoms with Crippen LogP contribution in [0.1, 0.15) is 30.7 Å². The van der Waals surface area contributed by atoms with Crippen LogP contribution < -0.4 is 15.5 Å². The third-order valence-electron chi connectivity index (χ3n) is 4.43. The second-order valence-corrected chi connectivity index (χ2v) is 7.84. The number of fused-ring (bicyclic) bond motifs is 1. The molecule has 2 heterocycles. The number of rotatable bonds is 4. The molecule has 0 bridgehead atoms. The molecule has 6 nitrogen and oxygen atoms in total. The Kier molecular flexibility index (Phi) is 5.91. The maximum Gasteiger partial charge on any atom is 0.313 e. The van der Waals surface area contributed by atoms with Gasteiger partial charge in [-0.25, -0.2) is 0 Å². The molecular formula is C20H23N3O3S. The highest BCUT2D eigenvalue weighted by Gasteiger charge is 2.25. The first kappa shape index (κ1) is 19.1. The predicted molar refractivity (Wildman–Crippen MR) is 107 cm³/mol. The molecule has 0 aliphatic carbocycles. The summed E-state index contributed by atoms with van der Waals surface area (Å²) in [4.78, 5) is 39.4. The number of hydrogen-bond donors (Lipinski definition) is 2. The lowest BCUT2D eigenvalue weighted by Crippen LogP contribution is -2.38. The summed E-state index contributed by atoms with van der Waals surface area (Å²) in [5.74, 6) is -1.44. The normalized spacial score (nSPS) is 13.2. The minimum absolute atomic E-state index is 0.0631. The Morgan fingerprint density at radius 1 is 1.19 bits per heavy atom. The molecule has 142 valence electrons. The molecule has 1 aromatic carbocycles. The Morgan fingerprint density at radius 3 is 2.70 bits per heavy atom. The van der Waals surface area contributed by atoms with Gasteiger partial charge in [0.05, 0.1) is 6.54 Å². The molecule has 2 N–H and O–H groups in total. The number of nitrogens with zero attached hydrogens (tertiary/aromatic N) is 1. The van der Waals surface area contributed by atoms with Crippen molar-refractivity contribution in [1.29, 1.82) is 0 Å². The lowest BCUT2D eigenvalue weighted by molar-refractivity contribution is -0.136. The van der Waals surface area contributed by atoms with Crippen LogP contribution in [0.5, 0.6) is 0 Å². The van der Waals surface area contributed by atoms with Crippen LogP contribution in [0.15, 0.2) is 35.7 Å². The predicted octanol–water partition coefficient (Wildman–Crippen LogP) is 2.94. The number of hydrogen-bond acceptors (Lipinski definition) is 4. The van der Waals surface area contributed by atoms with Crippen molar-refractivity contribution in [2.75, 3.05) is 16.8 Å². The van der Waals surface area contributed by atoms with Crippen LogP contribution in [-0.4, -0.2) is 24.3 Å². The number of thiophene rings is 1. The van der Waals surface area contributed by atoms with Gasteiger partial charge in [0.1, 0.15) is 0 Å². The topological polar surface area (TPSA) is 78.5 Å². The molecule has 2 aromatic rings. The van der Waals surface area contributed by atoms with Gasteiger partial charge in [-0.1, -0.05) is 26.0 Å². The van der Waals surface area contributed by atoms with Crippen molar-refractivity contribution in [3.05, 3.63) is 46.2 Å². The highest BCUT2D eigenvalue weighted by Crippen LogP contribution is 2.31. The fourth-order valence-corrected chi connectivity index (χ4v) is 3.69. The lowest BCUT2D eigenvalue weighted by Gasteiger charge is -2.31. The summed E-state index contributed by atoms with van der Waals surface area (Å²) >= 11 is 1.52. The molecule has 1 aliphatic rings. The minimum atomic E-state index is -0.718. The van der Waals surface area contributed by atoms with Crippen molar-refractivity contribution < 1.29 is 14.4 Å². The van der Waals surface area contributed by atoms with Gasteiger partial charge in [-0.3, -0.25) is 14.4 Å². The highest BCUT2D eigenvalue weighted by atomic mass is 32.1. The molecule has 1 aliphatic heterocycles. The van der Waals surface area contributed by atoms with E-state index in [9.17, 15) is 14.4 Å². The average molecular weight is 385 g/mol. The quantitative estimate of drug-likeness (QED) is 0.795. The summed E-state index contributed by atoms with van der Waals surface area (Å²) in [5.41, 5.74) is 2.40. The second-order valence-electron chi connectivity index (χ2n) is 6.81. The summed E-state index contributed by atoms with van der Waals surface area (Å²) in [7, 11) is 0. The maximum absolute atomic E-state index is 12.5. The van der Waals surface area contributed by atoms with Gasteiger partial charge < -0.3 is 15.5 Å². The highest BCUT2D eigenvalue weighted by molar-refractivity contribution is 7.09. The van der Waals surface area contributed by atoms with E-state index in [1.807, 2.05) is 37.4 Å². The number of benzene rings is 1. The number of carbonyl (C=O) groups excluding carboxylic acids is 3. The van der Waals surface area contributed by atoms with Crippen molar-refractivity contribution >= 4 is 40.4 Å². The number of amides is 3. The summed E-state index contributed by atoms with van der Waals surface area (Å²) < 4.78 is 0. The number of anilines is 2. The SMILES string of the molecule is CC(C)C(=O)N1CCCc2ccc(NC(=O)C(=O)NCc3cccs3)cc21. The zero-order chi connectivity index (χ0) is 19.4. The van der Waals surface area contributed by atoms with Crippen molar-refractivity contribution in [3.8, 4) is 0 Å². The fourth-order valence-electron chi connectivity index (χ4n) is 3.04. The standard InChI is InChI=1S/C20H23N3O3S/c1-13(2)20(26)23-9-3-5-14-7-8-15(11-17(14)23)22-19(25)18(24)21-12-16-6-4-10-27-16/h4,6-8,10-11,13H,3,5,9,12H2,1-2H3,(H,21,24)(H,22,25). The summed E-state index contributed by atoms with van der Waals surface area (Å²) in [6.07, 6.45) is 1.81. The van der Waals surface area contributed by atoms with Crippen LogP contribution in [0.2, 0.25) is 0 Å². The van der Waals surface area contributed by atoms with E-state index < -0.39 is 11.8 Å². The van der Waals surface area contributed by atoms with E-state index in [1.165, 1.54) is 11.3 Å². The van der Waals surface area contributed by atoms with E-state index in [-0.39, 0.29) is 11.8 Å². The second kappa shape index (κ2) is 8.35. The molecule has 1 aromatic heterocycles. The van der Waals surface area contributed by atoms with Gasteiger partial charge in [0.2, 0.25) is 5.91 Å². The van der Waals surface area contributed by atoms with E-state index in [0.717, 1.165) is 29.0 Å². The van der Waals surface area contributed by atoms with Crippen LogP contribution in [0, 0.1) is 5.92 Å². The molecule has 0 saturated heterocycles. The first-order valence-corrected chi connectivity index (χ1v) is 9.89. The molecule has 27 heavy (non-hydrogen) atoms. The van der Waals surface area contributed by atoms with Crippen molar-refractivity contribution in [2.24, 2.45) is 5.92 Å². The van der Waals surface area contributed by atoms with Gasteiger partial charge in [0.25, 0.3) is 0 Å². The molecule has 0 saturated carbocycles. The molecule has 0 radical (unpaired) electrons. The minimum Gasteiger partial charge on any atom is -0.343 e. The van der Waals surface area contributed by atoms with Gasteiger partial charge in [-0.15, -0.1) is 11.3 Å². The van der Waals surface area contributed by atoms with Crippen LogP contribution in [0.25, 0.3) is 0 Å². The van der Waals surface area contributed by atoms with Crippen LogP contribution in [-0.2, 0) is 27.3 Å². The lowest BCUT2D eigenvalue weighted by atomic mass is 9.99. The van der Waals surface area contributed by atoms with Crippen LogP contribution in [0.3, 0.4) is 0 Å². The molecule has 3 rings (SSSR count). The van der Waals surface area contributed by atoms with Crippen molar-refractivity contribution in [2.45, 2.75) is 33.2 Å². The first-order valence-electron chi connectivity index (χ1n) is 9.01. The van der Waals surface area contributed by atoms with Gasteiger partial charge in [0.15, 0.2) is 0 Å². The molecule has 0 atom stereocenters. The number of aryl methyl sites for hydroxylation is 1. The van der Waals surface area contributed by atoms with Gasteiger partial charge >= 0.3 is 11.8 Å². The monoisotopic (exact) mass is 385 g/mol. The fraction of sp³-hybridized carbons (Fsp3) is 0.350. The molecule has 7 heteroatoms. The zero-order valence-electron chi connectivity index (χ0n) is 15.5. The van der Waals surface area contributed by atoms with Crippen LogP contribution >= 0.6 is 11.3 Å². The molecule has 0 fully saturated rings. The average Bonchev–Trinajstić information content (AvgIpc) is 3.18. The van der Waals surface area contributed by atoms with Gasteiger partial charge in [0, 0.05) is 28.7 Å². The third kappa shape index (κ3) is 4.54. The van der Waals surface area contributed by atoms with E-state index >= 15 is 0 Å². The Hall–Kier alpha value is -2.67. The molecule has 0 spiro atoms. The molecule has 0 unspecified atom stereocenters. The summed E-state index contributed by atoms with van der Waals surface area (Å²) in [5, 5.41) is 7.14. The van der Waals surface area contributed by atoms with Crippen molar-refractivity contribution in [1.82, 2.24) is 5.32 Å². The summed E-state index contributed by atoms with van der Waals surface area (Å²) in [6, 6.07) is 9.25. The number of nitrogens with one attached hydrogen (secondary N) is 2. The van der Waals surface area contributed by atoms with E-state index in [0.29, 0.717) is 18.8 Å². The Morgan fingerprint density at radius 2 is 2.00 bits per heavy atom. The van der Waals surface area contributed by atoms with Crippen LogP contribution in [0.4, 0.5) is 11.4 Å². The number of carbonyl (C=O) groups is 3. The largest absolute Gasteiger partial charge is 0.343 e. The molecule has 3 amide bonds.